The average molecular weight is 567 g/mol. The molecule has 1 unspecified atom stereocenters. The van der Waals surface area contributed by atoms with Crippen LogP contribution in [-0.2, 0) is 15.4 Å². The standard InChI is InChI=1S/C36H43N2O2P/c1-26-18-20-27(21-19-26)34(28-24-31(35(2,3)4)33(39)32(25-28)36(5,6)7)41(40)37(29-14-10-8-11-15-29)22-23-38(41)30-16-12-9-13-17-30/h8-21,24-25,34,39H,22-23H2,1-7H3. The van der Waals surface area contributed by atoms with Crippen molar-refractivity contribution >= 4 is 18.8 Å². The maximum atomic E-state index is 16.3. The summed E-state index contributed by atoms with van der Waals surface area (Å²) in [5.41, 5.74) is 5.74. The number of phenols is 1. The Kier molecular flexibility index (Phi) is 7.59. The summed E-state index contributed by atoms with van der Waals surface area (Å²) >= 11 is 0. The second-order valence-corrected chi connectivity index (χ2v) is 15.9. The van der Waals surface area contributed by atoms with Gasteiger partial charge < -0.3 is 14.4 Å². The van der Waals surface area contributed by atoms with Crippen LogP contribution in [0, 0.1) is 6.92 Å². The fourth-order valence-corrected chi connectivity index (χ4v) is 9.56. The van der Waals surface area contributed by atoms with Crippen molar-refractivity contribution in [3.63, 3.8) is 0 Å². The third kappa shape index (κ3) is 5.43. The van der Waals surface area contributed by atoms with Gasteiger partial charge in [0.1, 0.15) is 5.75 Å². The molecule has 0 aliphatic carbocycles. The second kappa shape index (κ2) is 10.7. The van der Waals surface area contributed by atoms with Crippen LogP contribution in [-0.4, -0.2) is 18.2 Å². The first-order chi connectivity index (χ1) is 19.3. The van der Waals surface area contributed by atoms with Crippen LogP contribution >= 0.6 is 7.44 Å². The maximum Gasteiger partial charge on any atom is 0.274 e. The number of anilines is 2. The molecule has 1 saturated heterocycles. The topological polar surface area (TPSA) is 43.8 Å². The van der Waals surface area contributed by atoms with Crippen LogP contribution in [0.25, 0.3) is 0 Å². The Morgan fingerprint density at radius 1 is 0.659 bits per heavy atom. The largest absolute Gasteiger partial charge is 0.507 e. The van der Waals surface area contributed by atoms with Gasteiger partial charge in [0, 0.05) is 24.5 Å². The fourth-order valence-electron chi connectivity index (χ4n) is 5.96. The average Bonchev–Trinajstić information content (AvgIpc) is 3.27. The summed E-state index contributed by atoms with van der Waals surface area (Å²) in [7, 11) is -3.38. The second-order valence-electron chi connectivity index (χ2n) is 13.3. The van der Waals surface area contributed by atoms with Crippen molar-refractivity contribution in [1.82, 2.24) is 0 Å². The summed E-state index contributed by atoms with van der Waals surface area (Å²) in [6, 6.07) is 33.0. The van der Waals surface area contributed by atoms with Crippen molar-refractivity contribution < 1.29 is 9.67 Å². The molecule has 1 atom stereocenters. The van der Waals surface area contributed by atoms with Crippen molar-refractivity contribution in [2.75, 3.05) is 22.4 Å². The molecule has 1 N–H and O–H groups in total. The van der Waals surface area contributed by atoms with E-state index in [1.54, 1.807) is 0 Å². The van der Waals surface area contributed by atoms with Crippen LogP contribution in [0.5, 0.6) is 5.75 Å². The van der Waals surface area contributed by atoms with Crippen LogP contribution in [0.15, 0.2) is 97.1 Å². The van der Waals surface area contributed by atoms with Gasteiger partial charge >= 0.3 is 0 Å². The lowest BCUT2D eigenvalue weighted by molar-refractivity contribution is 0.422. The number of benzene rings is 4. The molecule has 4 aromatic rings. The van der Waals surface area contributed by atoms with E-state index in [0.717, 1.165) is 39.2 Å². The van der Waals surface area contributed by atoms with E-state index in [-0.39, 0.29) is 10.8 Å². The number of hydrogen-bond acceptors (Lipinski definition) is 2. The van der Waals surface area contributed by atoms with Crippen molar-refractivity contribution in [1.29, 1.82) is 0 Å². The van der Waals surface area contributed by atoms with Crippen molar-refractivity contribution in [3.05, 3.63) is 125 Å². The van der Waals surface area contributed by atoms with Gasteiger partial charge in [0.2, 0.25) is 0 Å². The number of aromatic hydroxyl groups is 1. The van der Waals surface area contributed by atoms with Gasteiger partial charge in [-0.2, -0.15) is 0 Å². The highest BCUT2D eigenvalue weighted by atomic mass is 31.2. The smallest absolute Gasteiger partial charge is 0.274 e. The number of para-hydroxylation sites is 2. The molecule has 0 spiro atoms. The molecule has 1 fully saturated rings. The summed E-state index contributed by atoms with van der Waals surface area (Å²) in [5, 5.41) is 11.6. The first-order valence-corrected chi connectivity index (χ1v) is 16.2. The Hall–Kier alpha value is -3.49. The van der Waals surface area contributed by atoms with Crippen molar-refractivity contribution in [3.8, 4) is 5.75 Å². The molecule has 0 bridgehead atoms. The molecule has 5 rings (SSSR count). The van der Waals surface area contributed by atoms with Gasteiger partial charge in [-0.1, -0.05) is 120 Å². The van der Waals surface area contributed by atoms with Gasteiger partial charge in [-0.05, 0) is 64.3 Å². The zero-order chi connectivity index (χ0) is 29.6. The van der Waals surface area contributed by atoms with E-state index >= 15 is 4.57 Å². The van der Waals surface area contributed by atoms with Gasteiger partial charge in [-0.15, -0.1) is 0 Å². The van der Waals surface area contributed by atoms with Gasteiger partial charge in [-0.25, -0.2) is 0 Å². The van der Waals surface area contributed by atoms with Crippen LogP contribution in [0.3, 0.4) is 0 Å². The molecule has 41 heavy (non-hydrogen) atoms. The maximum absolute atomic E-state index is 16.3. The van der Waals surface area contributed by atoms with Crippen molar-refractivity contribution in [2.24, 2.45) is 0 Å². The van der Waals surface area contributed by atoms with E-state index in [1.807, 2.05) is 36.4 Å². The van der Waals surface area contributed by atoms with E-state index in [2.05, 4.69) is 118 Å². The summed E-state index contributed by atoms with van der Waals surface area (Å²) < 4.78 is 20.5. The monoisotopic (exact) mass is 566 g/mol. The number of rotatable bonds is 5. The zero-order valence-electron chi connectivity index (χ0n) is 25.4. The first-order valence-electron chi connectivity index (χ1n) is 14.5. The highest BCUT2D eigenvalue weighted by Crippen LogP contribution is 2.71. The minimum atomic E-state index is -3.38. The van der Waals surface area contributed by atoms with E-state index < -0.39 is 13.1 Å². The summed E-state index contributed by atoms with van der Waals surface area (Å²) in [6.07, 6.45) is 0. The molecule has 1 heterocycles. The highest BCUT2D eigenvalue weighted by Gasteiger charge is 2.51. The molecule has 0 amide bonds. The molecule has 1 aliphatic rings. The first kappa shape index (κ1) is 29.0. The van der Waals surface area contributed by atoms with Crippen LogP contribution in [0.1, 0.15) is 75.0 Å². The molecule has 5 heteroatoms. The van der Waals surface area contributed by atoms with Gasteiger partial charge in [0.05, 0.1) is 5.66 Å². The van der Waals surface area contributed by atoms with Gasteiger partial charge in [0.25, 0.3) is 7.44 Å². The SMILES string of the molecule is Cc1ccc(C(c2cc(C(C)(C)C)c(O)c(C(C)(C)C)c2)P2(=O)N(c3ccccc3)CCN2c2ccccc2)cc1. The minimum absolute atomic E-state index is 0.305. The highest BCUT2D eigenvalue weighted by molar-refractivity contribution is 7.68. The lowest BCUT2D eigenvalue weighted by atomic mass is 9.78. The Balaban J connectivity index is 1.86. The molecule has 1 aliphatic heterocycles. The van der Waals surface area contributed by atoms with E-state index in [1.165, 1.54) is 0 Å². The van der Waals surface area contributed by atoms with Crippen LogP contribution < -0.4 is 9.34 Å². The lowest BCUT2D eigenvalue weighted by Crippen LogP contribution is -2.26. The molecule has 4 aromatic carbocycles. The van der Waals surface area contributed by atoms with E-state index in [0.29, 0.717) is 18.8 Å². The predicted molar refractivity (Wildman–Crippen MR) is 174 cm³/mol. The molecule has 0 aromatic heterocycles. The quantitative estimate of drug-likeness (QED) is 0.244. The Morgan fingerprint density at radius 3 is 1.46 bits per heavy atom. The lowest BCUT2D eigenvalue weighted by Gasteiger charge is -2.39. The molecule has 0 radical (unpaired) electrons. The third-order valence-corrected chi connectivity index (χ3v) is 11.6. The van der Waals surface area contributed by atoms with E-state index in [9.17, 15) is 5.11 Å². The minimum Gasteiger partial charge on any atom is -0.507 e. The third-order valence-electron chi connectivity index (χ3n) is 8.12. The molecule has 214 valence electrons. The Morgan fingerprint density at radius 2 is 1.07 bits per heavy atom. The van der Waals surface area contributed by atoms with Crippen LogP contribution in [0.4, 0.5) is 11.4 Å². The number of nitrogens with zero attached hydrogens (tertiary/aromatic N) is 2. The molecular weight excluding hydrogens is 523 g/mol. The molecular formula is C36H43N2O2P. The summed E-state index contributed by atoms with van der Waals surface area (Å²) in [6.45, 7) is 16.1. The Bertz CT molecular complexity index is 1470. The Labute approximate surface area is 246 Å². The number of phenolic OH excluding ortho intramolecular Hbond substituents is 1. The zero-order valence-corrected chi connectivity index (χ0v) is 26.3. The van der Waals surface area contributed by atoms with Crippen molar-refractivity contribution in [2.45, 2.75) is 65.0 Å². The molecule has 4 nitrogen and oxygen atoms in total. The normalized spacial score (nSPS) is 16.2. The van der Waals surface area contributed by atoms with Gasteiger partial charge in [-0.3, -0.25) is 4.57 Å². The van der Waals surface area contributed by atoms with Crippen LogP contribution in [0.2, 0.25) is 0 Å². The van der Waals surface area contributed by atoms with E-state index in [4.69, 9.17) is 0 Å². The molecule has 0 saturated carbocycles. The predicted octanol–water partition coefficient (Wildman–Crippen LogP) is 9.60. The fraction of sp³-hybridized carbons (Fsp3) is 0.333. The summed E-state index contributed by atoms with van der Waals surface area (Å²) in [5.74, 6) is 0.334. The number of hydrogen-bond donors (Lipinski definition) is 1. The summed E-state index contributed by atoms with van der Waals surface area (Å²) in [4.78, 5) is 0. The number of aryl methyl sites for hydroxylation is 1. The van der Waals surface area contributed by atoms with Gasteiger partial charge in [0.15, 0.2) is 0 Å².